The van der Waals surface area contributed by atoms with Gasteiger partial charge in [0.1, 0.15) is 11.5 Å². The lowest BCUT2D eigenvalue weighted by atomic mass is 9.64. The summed E-state index contributed by atoms with van der Waals surface area (Å²) in [6, 6.07) is 28.4. The van der Waals surface area contributed by atoms with Gasteiger partial charge in [0.25, 0.3) is 0 Å². The van der Waals surface area contributed by atoms with Crippen molar-refractivity contribution in [2.75, 3.05) is 10.2 Å². The molecule has 1 spiro atoms. The van der Waals surface area contributed by atoms with Gasteiger partial charge in [0.15, 0.2) is 11.6 Å². The molecule has 1 fully saturated rings. The van der Waals surface area contributed by atoms with Crippen LogP contribution in [-0.2, 0) is 10.2 Å². The maximum Gasteiger partial charge on any atom is 0.238 e. The topological polar surface area (TPSA) is 66.5 Å². The number of hydrogen-bond acceptors (Lipinski definition) is 4. The van der Waals surface area contributed by atoms with E-state index in [2.05, 4.69) is 27.3 Å². The largest absolute Gasteiger partial charge is 0.352 e. The van der Waals surface area contributed by atoms with Gasteiger partial charge in [-0.3, -0.25) is 14.4 Å². The summed E-state index contributed by atoms with van der Waals surface area (Å²) in [6.07, 6.45) is 4.02. The van der Waals surface area contributed by atoms with Gasteiger partial charge >= 0.3 is 0 Å². The summed E-state index contributed by atoms with van der Waals surface area (Å²) < 4.78 is 0.843. The number of halogens is 1. The van der Waals surface area contributed by atoms with E-state index in [9.17, 15) is 14.4 Å². The predicted octanol–water partition coefficient (Wildman–Crippen LogP) is 6.61. The number of carbonyl (C=O) groups excluding carboxylic acids is 3. The van der Waals surface area contributed by atoms with Crippen LogP contribution < -0.4 is 10.2 Å². The number of nitrogens with zero attached hydrogens (tertiary/aromatic N) is 1. The Hall–Kier alpha value is -4.29. The lowest BCUT2D eigenvalue weighted by molar-refractivity contribution is -0.121. The highest BCUT2D eigenvalue weighted by Crippen LogP contribution is 2.58. The third-order valence-corrected chi connectivity index (χ3v) is 9.06. The summed E-state index contributed by atoms with van der Waals surface area (Å²) in [4.78, 5) is 45.7. The van der Waals surface area contributed by atoms with Crippen LogP contribution in [0.1, 0.15) is 37.4 Å². The number of carbonyl (C=O) groups is 3. The molecule has 3 aliphatic heterocycles. The zero-order chi connectivity index (χ0) is 27.6. The minimum Gasteiger partial charge on any atom is -0.352 e. The highest BCUT2D eigenvalue weighted by atomic mass is 79.9. The Morgan fingerprint density at radius 1 is 0.850 bits per heavy atom. The standard InChI is InChI=1S/C34H25BrN2O3/c1-20-11-12-21-15-18-28-34(25-9-5-6-10-26(25)36-33(34)40)29(31(38)23-13-16-24(35)17-14-23)30(37(28)27(21)19-20)32(39)22-7-3-2-4-8-22/h2-19,28-30H,1H3,(H,36,40). The molecule has 4 atom stereocenters. The van der Waals surface area contributed by atoms with E-state index >= 15 is 0 Å². The second-order valence-corrected chi connectivity index (χ2v) is 11.6. The Balaban J connectivity index is 1.55. The van der Waals surface area contributed by atoms with Gasteiger partial charge in [-0.05, 0) is 47.9 Å². The van der Waals surface area contributed by atoms with Crippen LogP contribution >= 0.6 is 15.9 Å². The van der Waals surface area contributed by atoms with Gasteiger partial charge in [0.2, 0.25) is 5.91 Å². The van der Waals surface area contributed by atoms with Crippen molar-refractivity contribution >= 4 is 50.9 Å². The van der Waals surface area contributed by atoms with Crippen molar-refractivity contribution in [3.8, 4) is 0 Å². The fourth-order valence-electron chi connectivity index (χ4n) is 6.84. The van der Waals surface area contributed by atoms with Crippen LogP contribution in [0.2, 0.25) is 0 Å². The molecule has 1 N–H and O–H groups in total. The molecule has 4 unspecified atom stereocenters. The van der Waals surface area contributed by atoms with E-state index in [4.69, 9.17) is 0 Å². The predicted molar refractivity (Wildman–Crippen MR) is 160 cm³/mol. The van der Waals surface area contributed by atoms with Crippen LogP contribution in [0.4, 0.5) is 11.4 Å². The summed E-state index contributed by atoms with van der Waals surface area (Å²) in [5, 5.41) is 3.07. The molecule has 4 aromatic carbocycles. The average molecular weight is 589 g/mol. The number of hydrogen-bond donors (Lipinski definition) is 1. The molecule has 0 bridgehead atoms. The van der Waals surface area contributed by atoms with E-state index in [1.54, 1.807) is 24.3 Å². The van der Waals surface area contributed by atoms with E-state index in [0.29, 0.717) is 16.8 Å². The minimum atomic E-state index is -1.31. The normalized spacial score (nSPS) is 23.9. The van der Waals surface area contributed by atoms with Crippen molar-refractivity contribution < 1.29 is 14.4 Å². The van der Waals surface area contributed by atoms with E-state index in [-0.39, 0.29) is 17.5 Å². The monoisotopic (exact) mass is 588 g/mol. The summed E-state index contributed by atoms with van der Waals surface area (Å²) >= 11 is 3.46. The molecule has 6 heteroatoms. The maximum absolute atomic E-state index is 14.7. The summed E-state index contributed by atoms with van der Waals surface area (Å²) in [7, 11) is 0. The van der Waals surface area contributed by atoms with Crippen molar-refractivity contribution in [3.05, 3.63) is 135 Å². The molecule has 0 aromatic heterocycles. The number of fused-ring (bicyclic) bond motifs is 6. The molecular weight excluding hydrogens is 564 g/mol. The Morgan fingerprint density at radius 3 is 2.33 bits per heavy atom. The molecule has 0 aliphatic carbocycles. The molecular formula is C34H25BrN2O3. The molecule has 4 aromatic rings. The van der Waals surface area contributed by atoms with E-state index in [0.717, 1.165) is 26.9 Å². The number of rotatable bonds is 4. The third-order valence-electron chi connectivity index (χ3n) is 8.53. The molecule has 1 amide bonds. The third kappa shape index (κ3) is 3.42. The van der Waals surface area contributed by atoms with Crippen molar-refractivity contribution in [2.24, 2.45) is 5.92 Å². The first-order chi connectivity index (χ1) is 19.4. The van der Waals surface area contributed by atoms with Gasteiger partial charge < -0.3 is 10.2 Å². The lowest BCUT2D eigenvalue weighted by Crippen LogP contribution is -2.51. The number of Topliss-reactive ketones (excluding diaryl/α,β-unsaturated/α-hetero) is 2. The molecule has 5 nitrogen and oxygen atoms in total. The van der Waals surface area contributed by atoms with Crippen LogP contribution in [-0.4, -0.2) is 29.6 Å². The second kappa shape index (κ2) is 9.14. The van der Waals surface area contributed by atoms with E-state index < -0.39 is 23.4 Å². The molecule has 3 heterocycles. The summed E-state index contributed by atoms with van der Waals surface area (Å²) in [6.45, 7) is 2.01. The van der Waals surface area contributed by atoms with Crippen LogP contribution in [0.25, 0.3) is 6.08 Å². The van der Waals surface area contributed by atoms with Crippen molar-refractivity contribution in [2.45, 2.75) is 24.4 Å². The van der Waals surface area contributed by atoms with Crippen molar-refractivity contribution in [1.82, 2.24) is 0 Å². The maximum atomic E-state index is 14.7. The highest BCUT2D eigenvalue weighted by Gasteiger charge is 2.70. The van der Waals surface area contributed by atoms with Crippen molar-refractivity contribution in [3.63, 3.8) is 0 Å². The number of anilines is 2. The van der Waals surface area contributed by atoms with Crippen LogP contribution in [0.5, 0.6) is 0 Å². The van der Waals surface area contributed by atoms with Crippen LogP contribution in [0.15, 0.2) is 108 Å². The summed E-state index contributed by atoms with van der Waals surface area (Å²) in [5.41, 5.74) is 3.92. The minimum absolute atomic E-state index is 0.183. The first kappa shape index (κ1) is 24.7. The molecule has 3 aliphatic rings. The Morgan fingerprint density at radius 2 is 1.55 bits per heavy atom. The number of amides is 1. The van der Waals surface area contributed by atoms with E-state index in [1.165, 1.54) is 0 Å². The Bertz CT molecular complexity index is 1730. The van der Waals surface area contributed by atoms with Gasteiger partial charge in [-0.25, -0.2) is 0 Å². The number of ketones is 2. The van der Waals surface area contributed by atoms with Gasteiger partial charge in [-0.15, -0.1) is 0 Å². The first-order valence-electron chi connectivity index (χ1n) is 13.3. The van der Waals surface area contributed by atoms with Crippen LogP contribution in [0.3, 0.4) is 0 Å². The Labute approximate surface area is 240 Å². The van der Waals surface area contributed by atoms with Gasteiger partial charge in [-0.2, -0.15) is 0 Å². The summed E-state index contributed by atoms with van der Waals surface area (Å²) in [5.74, 6) is -1.65. The quantitative estimate of drug-likeness (QED) is 0.272. The van der Waals surface area contributed by atoms with Crippen molar-refractivity contribution in [1.29, 1.82) is 0 Å². The zero-order valence-electron chi connectivity index (χ0n) is 21.7. The SMILES string of the molecule is Cc1ccc2c(c1)N1C(C(=O)c3ccccc3)C(C(=O)c3ccc(Br)cc3)C3(C(=O)Nc4ccccc43)C1C=C2. The number of aryl methyl sites for hydroxylation is 1. The van der Waals surface area contributed by atoms with E-state index in [1.807, 2.05) is 90.7 Å². The molecule has 196 valence electrons. The zero-order valence-corrected chi connectivity index (χ0v) is 23.3. The second-order valence-electron chi connectivity index (χ2n) is 10.7. The average Bonchev–Trinajstić information content (AvgIpc) is 3.45. The lowest BCUT2D eigenvalue weighted by Gasteiger charge is -2.37. The first-order valence-corrected chi connectivity index (χ1v) is 14.1. The fourth-order valence-corrected chi connectivity index (χ4v) is 7.11. The van der Waals surface area contributed by atoms with Gasteiger partial charge in [0, 0.05) is 27.0 Å². The smallest absolute Gasteiger partial charge is 0.238 e. The Kier molecular flexibility index (Phi) is 5.65. The molecule has 1 saturated heterocycles. The molecule has 40 heavy (non-hydrogen) atoms. The van der Waals surface area contributed by atoms with Gasteiger partial charge in [0.05, 0.1) is 12.0 Å². The highest BCUT2D eigenvalue weighted by molar-refractivity contribution is 9.10. The molecule has 0 saturated carbocycles. The van der Waals surface area contributed by atoms with Gasteiger partial charge in [-0.1, -0.05) is 101 Å². The fraction of sp³-hybridized carbons (Fsp3) is 0.147. The molecule has 7 rings (SSSR count). The number of nitrogens with one attached hydrogen (secondary N) is 1. The van der Waals surface area contributed by atoms with Crippen LogP contribution in [0, 0.1) is 12.8 Å². The number of benzene rings is 4. The number of para-hydroxylation sites is 1. The molecule has 0 radical (unpaired) electrons.